The first kappa shape index (κ1) is 28.9. The topological polar surface area (TPSA) is 92.8 Å². The van der Waals surface area contributed by atoms with Crippen LogP contribution in [0.5, 0.6) is 23.0 Å². The molecule has 0 radical (unpaired) electrons. The van der Waals surface area contributed by atoms with Crippen LogP contribution >= 0.6 is 15.9 Å². The fraction of sp³-hybridized carbons (Fsp3) is 0.357. The number of methoxy groups -OCH3 is 4. The average Bonchev–Trinajstić information content (AvgIpc) is 2.92. The van der Waals surface area contributed by atoms with Gasteiger partial charge >= 0.3 is 11.9 Å². The third-order valence-electron chi connectivity index (χ3n) is 5.86. The summed E-state index contributed by atoms with van der Waals surface area (Å²) in [4.78, 5) is 28.3. The van der Waals surface area contributed by atoms with Crippen LogP contribution < -0.4 is 18.9 Å². The minimum Gasteiger partial charge on any atom is -0.493 e. The molecule has 204 valence electrons. The summed E-state index contributed by atoms with van der Waals surface area (Å²) >= 11 is 3.51. The lowest BCUT2D eigenvalue weighted by Gasteiger charge is -2.31. The molecule has 0 saturated heterocycles. The molecule has 0 aliphatic carbocycles. The molecule has 9 nitrogen and oxygen atoms in total. The Hall–Kier alpha value is -3.66. The summed E-state index contributed by atoms with van der Waals surface area (Å²) in [5.41, 5.74) is 2.04. The molecule has 3 rings (SSSR count). The van der Waals surface area contributed by atoms with E-state index >= 15 is 0 Å². The highest BCUT2D eigenvalue weighted by Crippen LogP contribution is 2.44. The zero-order chi connectivity index (χ0) is 27.8. The lowest BCUT2D eigenvalue weighted by Crippen LogP contribution is -2.29. The predicted molar refractivity (Wildman–Crippen MR) is 145 cm³/mol. The van der Waals surface area contributed by atoms with Gasteiger partial charge in [-0.1, -0.05) is 6.07 Å². The fourth-order valence-electron chi connectivity index (χ4n) is 4.23. The summed E-state index contributed by atoms with van der Waals surface area (Å²) in [6, 6.07) is 9.04. The van der Waals surface area contributed by atoms with Crippen LogP contribution in [0, 0.1) is 0 Å². The van der Waals surface area contributed by atoms with Crippen molar-refractivity contribution in [3.05, 3.63) is 69.5 Å². The zero-order valence-electron chi connectivity index (χ0n) is 22.3. The monoisotopic (exact) mass is 589 g/mol. The molecule has 0 bridgehead atoms. The van der Waals surface area contributed by atoms with E-state index in [2.05, 4.69) is 15.9 Å². The molecule has 1 heterocycles. The van der Waals surface area contributed by atoms with Crippen molar-refractivity contribution in [1.82, 2.24) is 4.90 Å². The van der Waals surface area contributed by atoms with Crippen molar-refractivity contribution in [2.75, 3.05) is 41.7 Å². The van der Waals surface area contributed by atoms with Gasteiger partial charge in [-0.25, -0.2) is 9.59 Å². The van der Waals surface area contributed by atoms with E-state index in [0.717, 1.165) is 5.56 Å². The van der Waals surface area contributed by atoms with E-state index in [1.54, 1.807) is 63.6 Å². The summed E-state index contributed by atoms with van der Waals surface area (Å²) in [7, 11) is 6.18. The maximum atomic E-state index is 13.3. The van der Waals surface area contributed by atoms with Crippen molar-refractivity contribution in [2.45, 2.75) is 26.3 Å². The maximum absolute atomic E-state index is 13.3. The van der Waals surface area contributed by atoms with Gasteiger partial charge in [0.05, 0.1) is 63.2 Å². The van der Waals surface area contributed by atoms with E-state index in [4.69, 9.17) is 28.4 Å². The van der Waals surface area contributed by atoms with Crippen molar-refractivity contribution in [3.8, 4) is 23.0 Å². The molecule has 1 aliphatic rings. The van der Waals surface area contributed by atoms with Crippen LogP contribution in [0.4, 0.5) is 0 Å². The summed E-state index contributed by atoms with van der Waals surface area (Å²) in [5.74, 6) is 0.234. The molecule has 2 aromatic carbocycles. The SMILES string of the molecule is CCOC(=O)C1=CN(Cc2ccc(OC)c(OC)c2)C=C(C(=O)OCC)C1c1cc(Br)c(OC)c(OC)c1. The largest absolute Gasteiger partial charge is 0.493 e. The molecule has 0 atom stereocenters. The summed E-state index contributed by atoms with van der Waals surface area (Å²) in [6.45, 7) is 4.15. The number of hydrogen-bond donors (Lipinski definition) is 0. The van der Waals surface area contributed by atoms with Gasteiger partial charge in [-0.3, -0.25) is 0 Å². The van der Waals surface area contributed by atoms with Gasteiger partial charge in [0.1, 0.15) is 0 Å². The first-order valence-corrected chi connectivity index (χ1v) is 12.8. The zero-order valence-corrected chi connectivity index (χ0v) is 23.9. The van der Waals surface area contributed by atoms with Crippen molar-refractivity contribution in [3.63, 3.8) is 0 Å². The fourth-order valence-corrected chi connectivity index (χ4v) is 4.85. The number of benzene rings is 2. The first-order chi connectivity index (χ1) is 18.3. The standard InChI is InChI=1S/C28H32BrNO8/c1-7-37-27(31)19-15-30(14-17-9-10-22(33-3)23(11-17)34-4)16-20(28(32)38-8-2)25(19)18-12-21(29)26(36-6)24(13-18)35-5/h9-13,15-16,25H,7-8,14H2,1-6H3. The van der Waals surface area contributed by atoms with Gasteiger partial charge in [-0.2, -0.15) is 0 Å². The first-order valence-electron chi connectivity index (χ1n) is 12.0. The molecular weight excluding hydrogens is 558 g/mol. The van der Waals surface area contributed by atoms with Crippen LogP contribution in [-0.4, -0.2) is 58.5 Å². The Bertz CT molecular complexity index is 1200. The molecule has 0 amide bonds. The van der Waals surface area contributed by atoms with E-state index in [1.165, 1.54) is 14.2 Å². The van der Waals surface area contributed by atoms with E-state index in [-0.39, 0.29) is 24.4 Å². The third kappa shape index (κ3) is 6.24. The van der Waals surface area contributed by atoms with Crippen LogP contribution in [0.15, 0.2) is 58.4 Å². The van der Waals surface area contributed by atoms with Crippen molar-refractivity contribution in [2.24, 2.45) is 0 Å². The van der Waals surface area contributed by atoms with Crippen molar-refractivity contribution >= 4 is 27.9 Å². The minimum atomic E-state index is -0.772. The highest BCUT2D eigenvalue weighted by atomic mass is 79.9. The second-order valence-electron chi connectivity index (χ2n) is 8.14. The van der Waals surface area contributed by atoms with Gasteiger partial charge in [0, 0.05) is 18.9 Å². The van der Waals surface area contributed by atoms with Gasteiger partial charge in [-0.05, 0) is 65.2 Å². The quantitative estimate of drug-likeness (QED) is 0.336. The maximum Gasteiger partial charge on any atom is 0.336 e. The van der Waals surface area contributed by atoms with Gasteiger partial charge < -0.3 is 33.3 Å². The molecule has 0 aromatic heterocycles. The lowest BCUT2D eigenvalue weighted by molar-refractivity contribution is -0.139. The molecule has 10 heteroatoms. The Balaban J connectivity index is 2.16. The number of carbonyl (C=O) groups excluding carboxylic acids is 2. The number of nitrogens with zero attached hydrogens (tertiary/aromatic N) is 1. The van der Waals surface area contributed by atoms with E-state index in [0.29, 0.717) is 39.6 Å². The Morgan fingerprint density at radius 1 is 0.789 bits per heavy atom. The van der Waals surface area contributed by atoms with Crippen molar-refractivity contribution < 1.29 is 38.0 Å². The van der Waals surface area contributed by atoms with E-state index < -0.39 is 17.9 Å². The molecule has 1 aliphatic heterocycles. The highest BCUT2D eigenvalue weighted by molar-refractivity contribution is 9.10. The van der Waals surface area contributed by atoms with Crippen LogP contribution in [0.1, 0.15) is 30.9 Å². The number of esters is 2. The van der Waals surface area contributed by atoms with Crippen LogP contribution in [0.2, 0.25) is 0 Å². The lowest BCUT2D eigenvalue weighted by atomic mass is 9.83. The molecule has 38 heavy (non-hydrogen) atoms. The highest BCUT2D eigenvalue weighted by Gasteiger charge is 2.36. The van der Waals surface area contributed by atoms with Gasteiger partial charge in [-0.15, -0.1) is 0 Å². The number of halogens is 1. The summed E-state index contributed by atoms with van der Waals surface area (Å²) in [5, 5.41) is 0. The Morgan fingerprint density at radius 2 is 1.37 bits per heavy atom. The smallest absolute Gasteiger partial charge is 0.336 e. The van der Waals surface area contributed by atoms with Gasteiger partial charge in [0.25, 0.3) is 0 Å². The molecule has 0 fully saturated rings. The summed E-state index contributed by atoms with van der Waals surface area (Å²) < 4.78 is 33.1. The second-order valence-corrected chi connectivity index (χ2v) is 9.00. The Kier molecular flexibility index (Phi) is 10.1. The molecule has 0 N–H and O–H groups in total. The Morgan fingerprint density at radius 3 is 1.87 bits per heavy atom. The van der Waals surface area contributed by atoms with Gasteiger partial charge in [0.15, 0.2) is 23.0 Å². The second kappa shape index (κ2) is 13.2. The molecule has 2 aromatic rings. The summed E-state index contributed by atoms with van der Waals surface area (Å²) in [6.07, 6.45) is 3.37. The minimum absolute atomic E-state index is 0.173. The molecular formula is C28H32BrNO8. The number of rotatable bonds is 11. The number of hydrogen-bond acceptors (Lipinski definition) is 9. The number of carbonyl (C=O) groups is 2. The molecule has 0 saturated carbocycles. The number of ether oxygens (including phenoxy) is 6. The van der Waals surface area contributed by atoms with E-state index in [9.17, 15) is 9.59 Å². The third-order valence-corrected chi connectivity index (χ3v) is 6.45. The van der Waals surface area contributed by atoms with Crippen LogP contribution in [0.3, 0.4) is 0 Å². The van der Waals surface area contributed by atoms with Gasteiger partial charge in [0.2, 0.25) is 0 Å². The van der Waals surface area contributed by atoms with Crippen LogP contribution in [0.25, 0.3) is 0 Å². The predicted octanol–water partition coefficient (Wildman–Crippen LogP) is 4.98. The Labute approximate surface area is 231 Å². The van der Waals surface area contributed by atoms with Crippen LogP contribution in [-0.2, 0) is 25.6 Å². The molecule has 0 spiro atoms. The van der Waals surface area contributed by atoms with E-state index in [1.807, 2.05) is 12.1 Å². The van der Waals surface area contributed by atoms with Crippen molar-refractivity contribution in [1.29, 1.82) is 0 Å². The molecule has 0 unspecified atom stereocenters. The average molecular weight is 590 g/mol. The normalized spacial score (nSPS) is 13.3.